The first-order valence-electron chi connectivity index (χ1n) is 12.0. The summed E-state index contributed by atoms with van der Waals surface area (Å²) in [4.78, 5) is 14.9. The molecule has 4 aromatic rings. The fourth-order valence-electron chi connectivity index (χ4n) is 4.68. The first-order valence-corrected chi connectivity index (χ1v) is 12.0. The van der Waals surface area contributed by atoms with E-state index in [1.165, 1.54) is 11.1 Å². The highest BCUT2D eigenvalue weighted by Gasteiger charge is 2.21. The minimum atomic E-state index is 0.871. The lowest BCUT2D eigenvalue weighted by atomic mass is 10.1. The van der Waals surface area contributed by atoms with Crippen LogP contribution in [0.25, 0.3) is 16.7 Å². The molecule has 0 N–H and O–H groups in total. The molecule has 0 saturated carbocycles. The van der Waals surface area contributed by atoms with Gasteiger partial charge >= 0.3 is 0 Å². The molecular weight excluding hydrogens is 408 g/mol. The fourth-order valence-corrected chi connectivity index (χ4v) is 4.68. The van der Waals surface area contributed by atoms with Crippen molar-refractivity contribution in [1.29, 1.82) is 0 Å². The number of benzene rings is 2. The monoisotopic (exact) mass is 440 g/mol. The molecule has 0 amide bonds. The quantitative estimate of drug-likeness (QED) is 0.432. The SMILES string of the molecule is CCCc1nc(N2CCCN(Cc3cccc(C)c3)CC2)c2cnn(-c3ccccc3)c2n1. The van der Waals surface area contributed by atoms with Gasteiger partial charge < -0.3 is 4.90 Å². The van der Waals surface area contributed by atoms with E-state index in [1.807, 2.05) is 29.1 Å². The molecule has 0 radical (unpaired) electrons. The number of rotatable bonds is 6. The second-order valence-corrected chi connectivity index (χ2v) is 8.95. The van der Waals surface area contributed by atoms with Crippen molar-refractivity contribution in [3.8, 4) is 5.69 Å². The minimum absolute atomic E-state index is 0.871. The molecule has 0 aliphatic carbocycles. The van der Waals surface area contributed by atoms with Gasteiger partial charge in [-0.15, -0.1) is 0 Å². The van der Waals surface area contributed by atoms with Crippen LogP contribution in [0.4, 0.5) is 5.82 Å². The Balaban J connectivity index is 1.43. The number of hydrogen-bond donors (Lipinski definition) is 0. The van der Waals surface area contributed by atoms with Crippen LogP contribution in [0, 0.1) is 6.92 Å². The number of anilines is 1. The molecule has 0 bridgehead atoms. The van der Waals surface area contributed by atoms with Crippen LogP contribution in [-0.4, -0.2) is 50.8 Å². The Morgan fingerprint density at radius 1 is 0.909 bits per heavy atom. The Morgan fingerprint density at radius 3 is 2.61 bits per heavy atom. The number of hydrogen-bond acceptors (Lipinski definition) is 5. The summed E-state index contributed by atoms with van der Waals surface area (Å²) in [5.41, 5.74) is 4.64. The molecule has 170 valence electrons. The molecule has 33 heavy (non-hydrogen) atoms. The molecule has 1 saturated heterocycles. The Morgan fingerprint density at radius 2 is 1.79 bits per heavy atom. The van der Waals surface area contributed by atoms with Gasteiger partial charge in [0.15, 0.2) is 5.65 Å². The van der Waals surface area contributed by atoms with Gasteiger partial charge in [-0.05, 0) is 37.5 Å². The molecule has 0 spiro atoms. The van der Waals surface area contributed by atoms with Crippen molar-refractivity contribution in [2.45, 2.75) is 39.7 Å². The number of aromatic nitrogens is 4. The average molecular weight is 441 g/mol. The zero-order valence-electron chi connectivity index (χ0n) is 19.6. The molecule has 1 aliphatic heterocycles. The summed E-state index contributed by atoms with van der Waals surface area (Å²) < 4.78 is 1.95. The zero-order valence-corrected chi connectivity index (χ0v) is 19.6. The van der Waals surface area contributed by atoms with E-state index >= 15 is 0 Å². The Bertz CT molecular complexity index is 1220. The van der Waals surface area contributed by atoms with Crippen LogP contribution in [0.3, 0.4) is 0 Å². The summed E-state index contributed by atoms with van der Waals surface area (Å²) in [6.07, 6.45) is 4.95. The summed E-state index contributed by atoms with van der Waals surface area (Å²) in [5, 5.41) is 5.74. The smallest absolute Gasteiger partial charge is 0.168 e. The second-order valence-electron chi connectivity index (χ2n) is 8.95. The molecule has 0 unspecified atom stereocenters. The van der Waals surface area contributed by atoms with Gasteiger partial charge in [-0.25, -0.2) is 14.6 Å². The van der Waals surface area contributed by atoms with E-state index in [0.29, 0.717) is 0 Å². The Hall–Kier alpha value is -3.25. The van der Waals surface area contributed by atoms with Crippen molar-refractivity contribution >= 4 is 16.9 Å². The lowest BCUT2D eigenvalue weighted by Gasteiger charge is -2.24. The molecule has 2 aromatic heterocycles. The van der Waals surface area contributed by atoms with E-state index in [9.17, 15) is 0 Å². The normalized spacial score (nSPS) is 15.2. The van der Waals surface area contributed by atoms with Crippen LogP contribution >= 0.6 is 0 Å². The van der Waals surface area contributed by atoms with Gasteiger partial charge in [0.25, 0.3) is 0 Å². The Labute approximate surface area is 195 Å². The predicted octanol–water partition coefficient (Wildman–Crippen LogP) is 4.79. The maximum absolute atomic E-state index is 5.03. The first-order chi connectivity index (χ1) is 16.2. The van der Waals surface area contributed by atoms with E-state index in [2.05, 4.69) is 60.0 Å². The largest absolute Gasteiger partial charge is 0.355 e. The number of nitrogens with zero attached hydrogens (tertiary/aromatic N) is 6. The minimum Gasteiger partial charge on any atom is -0.355 e. The standard InChI is InChI=1S/C27H32N6/c1-3-9-25-29-26(24-19-28-33(27(24)30-25)23-12-5-4-6-13-23)32-15-8-14-31(16-17-32)20-22-11-7-10-21(2)18-22/h4-7,10-13,18-19H,3,8-9,14-17,20H2,1-2H3. The van der Waals surface area contributed by atoms with Crippen molar-refractivity contribution in [3.63, 3.8) is 0 Å². The molecule has 0 atom stereocenters. The van der Waals surface area contributed by atoms with Gasteiger partial charge in [-0.3, -0.25) is 4.90 Å². The van der Waals surface area contributed by atoms with Crippen molar-refractivity contribution in [2.75, 3.05) is 31.1 Å². The van der Waals surface area contributed by atoms with Gasteiger partial charge in [0.05, 0.1) is 17.3 Å². The number of fused-ring (bicyclic) bond motifs is 1. The lowest BCUT2D eigenvalue weighted by molar-refractivity contribution is 0.285. The van der Waals surface area contributed by atoms with Gasteiger partial charge in [0, 0.05) is 39.1 Å². The molecule has 3 heterocycles. The summed E-state index contributed by atoms with van der Waals surface area (Å²) in [6, 6.07) is 19.1. The van der Waals surface area contributed by atoms with E-state index in [-0.39, 0.29) is 0 Å². The van der Waals surface area contributed by atoms with Crippen LogP contribution in [0.15, 0.2) is 60.8 Å². The van der Waals surface area contributed by atoms with E-state index in [1.54, 1.807) is 0 Å². The summed E-state index contributed by atoms with van der Waals surface area (Å²) in [5.74, 6) is 1.93. The van der Waals surface area contributed by atoms with Crippen LogP contribution in [0.2, 0.25) is 0 Å². The molecule has 1 fully saturated rings. The third kappa shape index (κ3) is 4.76. The van der Waals surface area contributed by atoms with Crippen LogP contribution < -0.4 is 4.90 Å². The summed E-state index contributed by atoms with van der Waals surface area (Å²) >= 11 is 0. The van der Waals surface area contributed by atoms with Crippen LogP contribution in [0.5, 0.6) is 0 Å². The van der Waals surface area contributed by atoms with Crippen molar-refractivity contribution in [2.24, 2.45) is 0 Å². The first kappa shape index (κ1) is 21.6. The molecule has 6 nitrogen and oxygen atoms in total. The van der Waals surface area contributed by atoms with Crippen molar-refractivity contribution in [3.05, 3.63) is 77.7 Å². The molecule has 1 aliphatic rings. The number of aryl methyl sites for hydroxylation is 2. The second kappa shape index (κ2) is 9.71. The lowest BCUT2D eigenvalue weighted by Crippen LogP contribution is -2.31. The van der Waals surface area contributed by atoms with Crippen molar-refractivity contribution < 1.29 is 0 Å². The molecular formula is C27H32N6. The molecule has 5 rings (SSSR count). The third-order valence-corrected chi connectivity index (χ3v) is 6.31. The topological polar surface area (TPSA) is 50.1 Å². The van der Waals surface area contributed by atoms with Gasteiger partial charge in [-0.2, -0.15) is 5.10 Å². The predicted molar refractivity (Wildman–Crippen MR) is 134 cm³/mol. The van der Waals surface area contributed by atoms with Gasteiger partial charge in [0.2, 0.25) is 0 Å². The third-order valence-electron chi connectivity index (χ3n) is 6.31. The molecule has 6 heteroatoms. The molecule has 2 aromatic carbocycles. The van der Waals surface area contributed by atoms with Crippen LogP contribution in [0.1, 0.15) is 36.7 Å². The Kier molecular flexibility index (Phi) is 6.35. The maximum Gasteiger partial charge on any atom is 0.168 e. The number of para-hydroxylation sites is 1. The van der Waals surface area contributed by atoms with Crippen LogP contribution in [-0.2, 0) is 13.0 Å². The zero-order chi connectivity index (χ0) is 22.6. The summed E-state index contributed by atoms with van der Waals surface area (Å²) in [6.45, 7) is 9.42. The van der Waals surface area contributed by atoms with E-state index in [4.69, 9.17) is 15.1 Å². The fraction of sp³-hybridized carbons (Fsp3) is 0.370. The van der Waals surface area contributed by atoms with E-state index < -0.39 is 0 Å². The van der Waals surface area contributed by atoms with Gasteiger partial charge in [-0.1, -0.05) is 55.0 Å². The van der Waals surface area contributed by atoms with E-state index in [0.717, 1.165) is 80.3 Å². The highest BCUT2D eigenvalue weighted by atomic mass is 15.3. The summed E-state index contributed by atoms with van der Waals surface area (Å²) in [7, 11) is 0. The highest BCUT2D eigenvalue weighted by Crippen LogP contribution is 2.27. The van der Waals surface area contributed by atoms with Gasteiger partial charge in [0.1, 0.15) is 11.6 Å². The average Bonchev–Trinajstić information content (AvgIpc) is 3.12. The maximum atomic E-state index is 5.03. The van der Waals surface area contributed by atoms with Crippen molar-refractivity contribution in [1.82, 2.24) is 24.6 Å². The highest BCUT2D eigenvalue weighted by molar-refractivity contribution is 5.88.